The highest BCUT2D eigenvalue weighted by Gasteiger charge is 2.08. The van der Waals surface area contributed by atoms with Crippen molar-refractivity contribution in [1.29, 1.82) is 0 Å². The van der Waals surface area contributed by atoms with E-state index >= 15 is 0 Å². The smallest absolute Gasteiger partial charge is 0.307 e. The zero-order chi connectivity index (χ0) is 14.8. The molecule has 0 atom stereocenters. The molecule has 1 aromatic heterocycles. The number of benzene rings is 2. The van der Waals surface area contributed by atoms with Gasteiger partial charge in [0.2, 0.25) is 0 Å². The van der Waals surface area contributed by atoms with Crippen LogP contribution in [0.3, 0.4) is 0 Å². The van der Waals surface area contributed by atoms with Gasteiger partial charge in [-0.25, -0.2) is 0 Å². The monoisotopic (exact) mass is 343 g/mol. The van der Waals surface area contributed by atoms with Crippen molar-refractivity contribution in [3.8, 4) is 0 Å². The van der Waals surface area contributed by atoms with Crippen molar-refractivity contribution in [2.75, 3.05) is 0 Å². The van der Waals surface area contributed by atoms with Gasteiger partial charge in [0, 0.05) is 22.7 Å². The lowest BCUT2D eigenvalue weighted by Crippen LogP contribution is -2.06. The van der Waals surface area contributed by atoms with E-state index in [9.17, 15) is 4.79 Å². The maximum absolute atomic E-state index is 11.0. The van der Waals surface area contributed by atoms with E-state index in [4.69, 9.17) is 5.11 Å². The van der Waals surface area contributed by atoms with Gasteiger partial charge in [0.05, 0.1) is 6.42 Å². The molecule has 1 N–H and O–H groups in total. The molecular formula is C17H14BrNO2. The van der Waals surface area contributed by atoms with Gasteiger partial charge in [-0.2, -0.15) is 0 Å². The van der Waals surface area contributed by atoms with Crippen molar-refractivity contribution < 1.29 is 9.90 Å². The van der Waals surface area contributed by atoms with Crippen molar-refractivity contribution in [3.05, 3.63) is 70.3 Å². The predicted molar refractivity (Wildman–Crippen MR) is 86.5 cm³/mol. The molecule has 0 spiro atoms. The predicted octanol–water partition coefficient (Wildman–Crippen LogP) is 4.08. The molecule has 0 radical (unpaired) electrons. The van der Waals surface area contributed by atoms with Gasteiger partial charge < -0.3 is 9.67 Å². The number of halogens is 1. The second kappa shape index (κ2) is 5.74. The molecule has 0 saturated heterocycles. The summed E-state index contributed by atoms with van der Waals surface area (Å²) in [7, 11) is 0. The second-order valence-corrected chi connectivity index (χ2v) is 5.90. The molecule has 0 aliphatic rings. The molecule has 0 unspecified atom stereocenters. The molecule has 3 nitrogen and oxygen atoms in total. The molecule has 3 rings (SSSR count). The summed E-state index contributed by atoms with van der Waals surface area (Å²) in [6.45, 7) is 0.670. The Kier molecular flexibility index (Phi) is 3.80. The number of hydrogen-bond acceptors (Lipinski definition) is 1. The lowest BCUT2D eigenvalue weighted by atomic mass is 10.0. The van der Waals surface area contributed by atoms with E-state index in [1.165, 1.54) is 5.39 Å². The molecule has 2 aromatic carbocycles. The molecule has 4 heteroatoms. The maximum Gasteiger partial charge on any atom is 0.307 e. The molecule has 0 aliphatic carbocycles. The molecule has 21 heavy (non-hydrogen) atoms. The van der Waals surface area contributed by atoms with Gasteiger partial charge in [-0.3, -0.25) is 4.79 Å². The summed E-state index contributed by atoms with van der Waals surface area (Å²) >= 11 is 3.49. The molecule has 0 amide bonds. The number of rotatable bonds is 4. The quantitative estimate of drug-likeness (QED) is 0.775. The number of aromatic nitrogens is 1. The zero-order valence-corrected chi connectivity index (χ0v) is 12.9. The Labute approximate surface area is 131 Å². The number of carbonyl (C=O) groups is 1. The van der Waals surface area contributed by atoms with Crippen molar-refractivity contribution >= 4 is 32.8 Å². The van der Waals surface area contributed by atoms with E-state index in [1.54, 1.807) is 0 Å². The lowest BCUT2D eigenvalue weighted by molar-refractivity contribution is -0.136. The molecule has 0 fully saturated rings. The van der Waals surface area contributed by atoms with Gasteiger partial charge in [0.25, 0.3) is 0 Å². The Morgan fingerprint density at radius 2 is 1.86 bits per heavy atom. The first-order chi connectivity index (χ1) is 10.1. The summed E-state index contributed by atoms with van der Waals surface area (Å²) in [5, 5.41) is 10.2. The highest BCUT2D eigenvalue weighted by molar-refractivity contribution is 9.10. The van der Waals surface area contributed by atoms with Crippen molar-refractivity contribution in [2.24, 2.45) is 0 Å². The highest BCUT2D eigenvalue weighted by atomic mass is 79.9. The van der Waals surface area contributed by atoms with Gasteiger partial charge >= 0.3 is 5.97 Å². The van der Waals surface area contributed by atoms with Gasteiger partial charge in [0.15, 0.2) is 0 Å². The van der Waals surface area contributed by atoms with Crippen LogP contribution in [0.1, 0.15) is 11.1 Å². The van der Waals surface area contributed by atoms with Crippen LogP contribution in [-0.4, -0.2) is 15.6 Å². The molecule has 106 valence electrons. The van der Waals surface area contributed by atoms with Gasteiger partial charge in [-0.15, -0.1) is 0 Å². The minimum absolute atomic E-state index is 0.0546. The third-order valence-electron chi connectivity index (χ3n) is 3.54. The number of fused-ring (bicyclic) bond motifs is 1. The zero-order valence-electron chi connectivity index (χ0n) is 11.3. The minimum atomic E-state index is -0.803. The van der Waals surface area contributed by atoms with Crippen LogP contribution in [0.4, 0.5) is 0 Å². The Hall–Kier alpha value is -2.07. The minimum Gasteiger partial charge on any atom is -0.481 e. The maximum atomic E-state index is 11.0. The van der Waals surface area contributed by atoms with Crippen LogP contribution >= 0.6 is 15.9 Å². The summed E-state index contributed by atoms with van der Waals surface area (Å²) in [6.07, 6.45) is 2.09. The summed E-state index contributed by atoms with van der Waals surface area (Å²) in [6, 6.07) is 15.9. The summed E-state index contributed by atoms with van der Waals surface area (Å²) in [4.78, 5) is 11.0. The first-order valence-corrected chi connectivity index (χ1v) is 7.46. The number of carboxylic acid groups (broad SMARTS) is 1. The average Bonchev–Trinajstić information content (AvgIpc) is 2.83. The normalized spacial score (nSPS) is 10.9. The molecular weight excluding hydrogens is 330 g/mol. The molecule has 1 heterocycles. The van der Waals surface area contributed by atoms with Crippen molar-refractivity contribution in [1.82, 2.24) is 4.57 Å². The second-order valence-electron chi connectivity index (χ2n) is 4.99. The van der Waals surface area contributed by atoms with E-state index < -0.39 is 5.97 Å². The third kappa shape index (κ3) is 3.00. The largest absolute Gasteiger partial charge is 0.481 e. The average molecular weight is 344 g/mol. The van der Waals surface area contributed by atoms with E-state index in [2.05, 4.69) is 38.7 Å². The molecule has 0 aliphatic heterocycles. The SMILES string of the molecule is O=C(O)Cc1ccccc1Cn1ccc2ccc(Br)cc21. The molecule has 3 aromatic rings. The van der Waals surface area contributed by atoms with Crippen LogP contribution in [-0.2, 0) is 17.8 Å². The van der Waals surface area contributed by atoms with E-state index in [0.29, 0.717) is 6.54 Å². The first kappa shape index (κ1) is 13.9. The highest BCUT2D eigenvalue weighted by Crippen LogP contribution is 2.22. The van der Waals surface area contributed by atoms with Gasteiger partial charge in [0.1, 0.15) is 0 Å². The van der Waals surface area contributed by atoms with Crippen LogP contribution in [0.5, 0.6) is 0 Å². The van der Waals surface area contributed by atoms with Crippen LogP contribution in [0.2, 0.25) is 0 Å². The number of hydrogen-bond donors (Lipinski definition) is 1. The summed E-state index contributed by atoms with van der Waals surface area (Å²) in [5.41, 5.74) is 3.04. The van der Waals surface area contributed by atoms with Crippen LogP contribution in [0, 0.1) is 0 Å². The van der Waals surface area contributed by atoms with E-state index in [1.807, 2.05) is 36.5 Å². The fraction of sp³-hybridized carbons (Fsp3) is 0.118. The lowest BCUT2D eigenvalue weighted by Gasteiger charge is -2.10. The van der Waals surface area contributed by atoms with E-state index in [-0.39, 0.29) is 6.42 Å². The number of carboxylic acids is 1. The van der Waals surface area contributed by atoms with Crippen LogP contribution < -0.4 is 0 Å². The Morgan fingerprint density at radius 3 is 2.62 bits per heavy atom. The Bertz CT molecular complexity index is 807. The fourth-order valence-corrected chi connectivity index (χ4v) is 2.87. The molecule has 0 saturated carbocycles. The standard InChI is InChI=1S/C17H14BrNO2/c18-15-6-5-12-7-8-19(16(12)10-15)11-14-4-2-1-3-13(14)9-17(20)21/h1-8,10H,9,11H2,(H,20,21). The first-order valence-electron chi connectivity index (χ1n) is 6.66. The number of aliphatic carboxylic acids is 1. The third-order valence-corrected chi connectivity index (χ3v) is 4.03. The van der Waals surface area contributed by atoms with Gasteiger partial charge in [-0.05, 0) is 34.7 Å². The number of nitrogens with zero attached hydrogens (tertiary/aromatic N) is 1. The summed E-state index contributed by atoms with van der Waals surface area (Å²) < 4.78 is 3.18. The van der Waals surface area contributed by atoms with Gasteiger partial charge in [-0.1, -0.05) is 46.3 Å². The summed E-state index contributed by atoms with van der Waals surface area (Å²) in [5.74, 6) is -0.803. The topological polar surface area (TPSA) is 42.2 Å². The van der Waals surface area contributed by atoms with E-state index in [0.717, 1.165) is 21.1 Å². The Morgan fingerprint density at radius 1 is 1.10 bits per heavy atom. The van der Waals surface area contributed by atoms with Crippen molar-refractivity contribution in [2.45, 2.75) is 13.0 Å². The fourth-order valence-electron chi connectivity index (χ4n) is 2.53. The Balaban J connectivity index is 1.99. The van der Waals surface area contributed by atoms with Crippen LogP contribution in [0.15, 0.2) is 59.2 Å². The van der Waals surface area contributed by atoms with Crippen molar-refractivity contribution in [3.63, 3.8) is 0 Å². The molecule has 0 bridgehead atoms. The van der Waals surface area contributed by atoms with Crippen LogP contribution in [0.25, 0.3) is 10.9 Å².